The molecule has 7 rings (SSSR count). The zero-order chi connectivity index (χ0) is 41.2. The van der Waals surface area contributed by atoms with Crippen molar-refractivity contribution in [2.75, 3.05) is 35.8 Å². The summed E-state index contributed by atoms with van der Waals surface area (Å²) in [7, 11) is -3.76. The molecule has 2 heterocycles. The molecule has 1 aliphatic carbocycles. The Bertz CT molecular complexity index is 2500. The molecule has 0 radical (unpaired) electrons. The minimum atomic E-state index is -5.63. The summed E-state index contributed by atoms with van der Waals surface area (Å²) in [6.07, 6.45) is 5.39. The number of carbonyl (C=O) groups excluding carboxylic acids is 1. The van der Waals surface area contributed by atoms with Crippen LogP contribution in [-0.4, -0.2) is 55.5 Å². The molecule has 16 heteroatoms. The second-order valence-electron chi connectivity index (χ2n) is 13.8. The fraction of sp³-hybridized carbons (Fsp3) is 0.214. The minimum absolute atomic E-state index is 0.160. The van der Waals surface area contributed by atoms with E-state index in [4.69, 9.17) is 5.73 Å². The van der Waals surface area contributed by atoms with E-state index in [1.807, 2.05) is 48.9 Å². The van der Waals surface area contributed by atoms with Gasteiger partial charge in [0.05, 0.1) is 16.9 Å². The first-order valence-corrected chi connectivity index (χ1v) is 21.4. The number of nitrogens with one attached hydrogen (secondary N) is 2. The van der Waals surface area contributed by atoms with Gasteiger partial charge in [0, 0.05) is 71.4 Å². The standard InChI is InChI=1S/C42H40F4N6O3S3/c1-27-38(41(47)53)39(40(50(27)2)28-11-13-30(43)14-12-28)29-7-6-8-33(25-29)52-23-21-51(22-24-52)32-17-15-31(16-18-32)48-57-35-19-20-36(49-56-34-9-4-3-5-10-34)37(26-35)58(54,55)42(44,45)46/h3-15,17,19-20,25-26,48-49H,16,18,21-24H2,1-2H3,(H2,47,53). The lowest BCUT2D eigenvalue weighted by Crippen LogP contribution is -2.46. The molecule has 0 unspecified atom stereocenters. The number of nitrogens with zero attached hydrogens (tertiary/aromatic N) is 3. The first-order chi connectivity index (χ1) is 27.7. The predicted molar refractivity (Wildman–Crippen MR) is 223 cm³/mol. The minimum Gasteiger partial charge on any atom is -0.371 e. The van der Waals surface area contributed by atoms with E-state index >= 15 is 0 Å². The monoisotopic (exact) mass is 848 g/mol. The average molecular weight is 849 g/mol. The van der Waals surface area contributed by atoms with Gasteiger partial charge in [0.1, 0.15) is 10.7 Å². The lowest BCUT2D eigenvalue weighted by Gasteiger charge is -2.39. The van der Waals surface area contributed by atoms with Crippen LogP contribution in [0.1, 0.15) is 28.9 Å². The average Bonchev–Trinajstić information content (AvgIpc) is 3.49. The number of allylic oxidation sites excluding steroid dienone is 4. The highest BCUT2D eigenvalue weighted by atomic mass is 32.2. The predicted octanol–water partition coefficient (Wildman–Crippen LogP) is 9.30. The Hall–Kier alpha value is -5.32. The molecular formula is C42H40F4N6O3S3. The third-order valence-electron chi connectivity index (χ3n) is 10.2. The quantitative estimate of drug-likeness (QED) is 0.0836. The van der Waals surface area contributed by atoms with Gasteiger partial charge >= 0.3 is 5.51 Å². The highest BCUT2D eigenvalue weighted by Crippen LogP contribution is 2.41. The molecule has 1 fully saturated rings. The van der Waals surface area contributed by atoms with Gasteiger partial charge < -0.3 is 29.5 Å². The largest absolute Gasteiger partial charge is 0.501 e. The number of anilines is 2. The van der Waals surface area contributed by atoms with Crippen molar-refractivity contribution in [3.05, 3.63) is 138 Å². The number of carbonyl (C=O) groups is 1. The molecule has 0 bridgehead atoms. The van der Waals surface area contributed by atoms with Gasteiger partial charge in [0.25, 0.3) is 15.7 Å². The van der Waals surface area contributed by atoms with Crippen molar-refractivity contribution in [1.29, 1.82) is 0 Å². The summed E-state index contributed by atoms with van der Waals surface area (Å²) in [6, 6.07) is 27.0. The van der Waals surface area contributed by atoms with E-state index in [2.05, 4.69) is 25.3 Å². The molecule has 2 aliphatic rings. The zero-order valence-corrected chi connectivity index (χ0v) is 34.0. The van der Waals surface area contributed by atoms with Gasteiger partial charge in [0.2, 0.25) is 0 Å². The van der Waals surface area contributed by atoms with E-state index in [1.165, 1.54) is 23.9 Å². The lowest BCUT2D eigenvalue weighted by atomic mass is 9.96. The van der Waals surface area contributed by atoms with Gasteiger partial charge in [-0.2, -0.15) is 13.2 Å². The lowest BCUT2D eigenvalue weighted by molar-refractivity contribution is -0.0435. The first kappa shape index (κ1) is 40.9. The number of nitrogens with two attached hydrogens (primary N) is 1. The molecule has 302 valence electrons. The molecule has 4 N–H and O–H groups in total. The van der Waals surface area contributed by atoms with Gasteiger partial charge in [-0.05, 0) is 134 Å². The third-order valence-corrected chi connectivity index (χ3v) is 13.4. The summed E-state index contributed by atoms with van der Waals surface area (Å²) >= 11 is 2.07. The maximum absolute atomic E-state index is 13.8. The molecule has 9 nitrogen and oxygen atoms in total. The van der Waals surface area contributed by atoms with Crippen LogP contribution in [0.5, 0.6) is 0 Å². The molecule has 0 spiro atoms. The van der Waals surface area contributed by atoms with E-state index in [-0.39, 0.29) is 11.5 Å². The van der Waals surface area contributed by atoms with Crippen LogP contribution < -0.4 is 20.1 Å². The number of sulfone groups is 1. The van der Waals surface area contributed by atoms with Crippen molar-refractivity contribution < 1.29 is 30.8 Å². The molecule has 4 aromatic carbocycles. The second kappa shape index (κ2) is 16.9. The Balaban J connectivity index is 1.01. The molecule has 1 aliphatic heterocycles. The summed E-state index contributed by atoms with van der Waals surface area (Å²) in [5.74, 6) is -0.883. The van der Waals surface area contributed by atoms with E-state index in [0.717, 1.165) is 96.5 Å². The number of halogens is 4. The Morgan fingerprint density at radius 3 is 2.12 bits per heavy atom. The van der Waals surface area contributed by atoms with E-state index in [9.17, 15) is 30.8 Å². The number of alkyl halides is 3. The normalized spacial score (nSPS) is 14.9. The van der Waals surface area contributed by atoms with Crippen LogP contribution in [0.4, 0.5) is 28.9 Å². The van der Waals surface area contributed by atoms with Crippen LogP contribution >= 0.6 is 23.9 Å². The summed E-state index contributed by atoms with van der Waals surface area (Å²) in [4.78, 5) is 17.6. The molecule has 0 atom stereocenters. The summed E-state index contributed by atoms with van der Waals surface area (Å²) in [6.45, 7) is 4.91. The van der Waals surface area contributed by atoms with Gasteiger partial charge in [-0.15, -0.1) is 0 Å². The van der Waals surface area contributed by atoms with Crippen LogP contribution in [0.15, 0.2) is 135 Å². The van der Waals surface area contributed by atoms with Crippen molar-refractivity contribution in [2.24, 2.45) is 12.8 Å². The van der Waals surface area contributed by atoms with Gasteiger partial charge in [-0.3, -0.25) is 4.79 Å². The number of hydrogen-bond donors (Lipinski definition) is 3. The maximum atomic E-state index is 13.8. The number of rotatable bonds is 12. The van der Waals surface area contributed by atoms with E-state index < -0.39 is 26.1 Å². The number of benzene rings is 4. The van der Waals surface area contributed by atoms with Crippen LogP contribution in [0.25, 0.3) is 22.4 Å². The molecule has 5 aromatic rings. The van der Waals surface area contributed by atoms with Crippen molar-refractivity contribution in [3.8, 4) is 22.4 Å². The van der Waals surface area contributed by atoms with E-state index in [0.29, 0.717) is 27.3 Å². The fourth-order valence-corrected chi connectivity index (χ4v) is 9.65. The maximum Gasteiger partial charge on any atom is 0.501 e. The number of amides is 1. The molecule has 1 aromatic heterocycles. The van der Waals surface area contributed by atoms with Crippen molar-refractivity contribution >= 4 is 51.0 Å². The number of primary amides is 1. The van der Waals surface area contributed by atoms with Crippen molar-refractivity contribution in [3.63, 3.8) is 0 Å². The molecule has 1 amide bonds. The Morgan fingerprint density at radius 2 is 1.47 bits per heavy atom. The third kappa shape index (κ3) is 8.59. The van der Waals surface area contributed by atoms with Crippen LogP contribution in [0, 0.1) is 12.7 Å². The molecular weight excluding hydrogens is 809 g/mol. The number of aromatic nitrogens is 1. The van der Waals surface area contributed by atoms with Gasteiger partial charge in [-0.25, -0.2) is 12.8 Å². The summed E-state index contributed by atoms with van der Waals surface area (Å²) in [5.41, 5.74) is 7.57. The molecule has 1 saturated heterocycles. The zero-order valence-electron chi connectivity index (χ0n) is 31.5. The van der Waals surface area contributed by atoms with Gasteiger partial charge in [-0.1, -0.05) is 30.3 Å². The molecule has 58 heavy (non-hydrogen) atoms. The Labute approximate surface area is 343 Å². The van der Waals surface area contributed by atoms with Crippen LogP contribution in [0.2, 0.25) is 0 Å². The highest BCUT2D eigenvalue weighted by molar-refractivity contribution is 8.00. The summed E-state index contributed by atoms with van der Waals surface area (Å²) < 4.78 is 87.9. The van der Waals surface area contributed by atoms with Crippen LogP contribution in [-0.2, 0) is 16.9 Å². The fourth-order valence-electron chi connectivity index (χ4n) is 7.14. The Kier molecular flexibility index (Phi) is 11.9. The molecule has 0 saturated carbocycles. The van der Waals surface area contributed by atoms with E-state index in [1.54, 1.807) is 48.5 Å². The number of piperazine rings is 1. The summed E-state index contributed by atoms with van der Waals surface area (Å²) in [5, 5.41) is 0. The van der Waals surface area contributed by atoms with Crippen LogP contribution in [0.3, 0.4) is 0 Å². The smallest absolute Gasteiger partial charge is 0.371 e. The van der Waals surface area contributed by atoms with Crippen molar-refractivity contribution in [1.82, 2.24) is 14.2 Å². The van der Waals surface area contributed by atoms with Crippen molar-refractivity contribution in [2.45, 2.75) is 40.0 Å². The second-order valence-corrected chi connectivity index (χ2v) is 17.5. The van der Waals surface area contributed by atoms with Gasteiger partial charge in [0.15, 0.2) is 0 Å². The SMILES string of the molecule is Cc1c(C(N)=O)c(-c2cccc(N3CCN(C4=CC=C(NSc5ccc(NSc6ccccc6)c(S(=O)(=O)C(F)(F)F)c5)CC4)CC3)c2)c(-c2ccc(F)cc2)n1C. The Morgan fingerprint density at radius 1 is 0.776 bits per heavy atom. The topological polar surface area (TPSA) is 113 Å². The number of hydrogen-bond acceptors (Lipinski definition) is 9. The first-order valence-electron chi connectivity index (χ1n) is 18.3. The highest BCUT2D eigenvalue weighted by Gasteiger charge is 2.48.